The Bertz CT molecular complexity index is 1210. The van der Waals surface area contributed by atoms with Gasteiger partial charge in [-0.2, -0.15) is 0 Å². The van der Waals surface area contributed by atoms with Gasteiger partial charge in [0.05, 0.1) is 9.85 Å². The van der Waals surface area contributed by atoms with Gasteiger partial charge >= 0.3 is 17.8 Å². The second-order valence-corrected chi connectivity index (χ2v) is 12.6. The molecule has 2 rings (SSSR count). The maximum Gasteiger partial charge on any atom is 0.408 e. The van der Waals surface area contributed by atoms with E-state index in [1.54, 1.807) is 48.5 Å². The highest BCUT2D eigenvalue weighted by Gasteiger charge is 2.42. The Balaban J connectivity index is 2.15. The third kappa shape index (κ3) is 8.93. The summed E-state index contributed by atoms with van der Waals surface area (Å²) in [5.41, 5.74) is -2.02. The number of H-pyrrole nitrogens is 1. The fourth-order valence-electron chi connectivity index (χ4n) is 3.95. The van der Waals surface area contributed by atoms with Crippen LogP contribution < -0.4 is 21.9 Å². The summed E-state index contributed by atoms with van der Waals surface area (Å²) >= 11 is 9.60. The van der Waals surface area contributed by atoms with Crippen molar-refractivity contribution >= 4 is 45.5 Å². The van der Waals surface area contributed by atoms with Crippen LogP contribution in [0.3, 0.4) is 0 Å². The topological polar surface area (TPSA) is 158 Å². The molecular weight excluding hydrogens is 612 g/mol. The molecule has 0 radical (unpaired) electrons. The van der Waals surface area contributed by atoms with Crippen molar-refractivity contribution in [2.45, 2.75) is 96.4 Å². The predicted molar refractivity (Wildman–Crippen MR) is 152 cm³/mol. The van der Waals surface area contributed by atoms with E-state index in [1.807, 2.05) is 0 Å². The number of esters is 1. The van der Waals surface area contributed by atoms with Crippen LogP contribution in [-0.2, 0) is 23.8 Å². The Hall–Kier alpha value is -2.64. The third-order valence-corrected chi connectivity index (χ3v) is 6.97. The van der Waals surface area contributed by atoms with Crippen molar-refractivity contribution in [2.75, 3.05) is 0 Å². The first kappa shape index (κ1) is 33.6. The fraction of sp³-hybridized carbons (Fsp3) is 0.654. The molecule has 0 spiro atoms. The number of carbonyl (C=O) groups is 3. The van der Waals surface area contributed by atoms with E-state index < -0.39 is 70.7 Å². The zero-order chi connectivity index (χ0) is 30.5. The van der Waals surface area contributed by atoms with Crippen molar-refractivity contribution < 1.29 is 28.6 Å². The number of nitrogens with zero attached hydrogens (tertiary/aromatic N) is 1. The molecule has 40 heavy (non-hydrogen) atoms. The zero-order valence-corrected chi connectivity index (χ0v) is 26.0. The summed E-state index contributed by atoms with van der Waals surface area (Å²) in [6.45, 7) is 15.8. The van der Waals surface area contributed by atoms with Crippen LogP contribution in [-0.4, -0.2) is 62.8 Å². The molecule has 2 amide bonds. The molecule has 0 saturated carbocycles. The highest BCUT2D eigenvalue weighted by molar-refractivity contribution is 9.10. The summed E-state index contributed by atoms with van der Waals surface area (Å²) in [6.07, 6.45) is -0.637. The van der Waals surface area contributed by atoms with Gasteiger partial charge in [-0.1, -0.05) is 34.3 Å². The van der Waals surface area contributed by atoms with E-state index in [9.17, 15) is 24.0 Å². The maximum atomic E-state index is 13.2. The molecule has 1 aromatic heterocycles. The van der Waals surface area contributed by atoms with Crippen molar-refractivity contribution in [1.29, 1.82) is 0 Å². The van der Waals surface area contributed by atoms with Gasteiger partial charge in [0.1, 0.15) is 36.1 Å². The Kier molecular flexibility index (Phi) is 11.6. The van der Waals surface area contributed by atoms with E-state index in [0.29, 0.717) is 0 Å². The minimum absolute atomic E-state index is 0.133. The van der Waals surface area contributed by atoms with Crippen molar-refractivity contribution in [3.8, 4) is 0 Å². The Morgan fingerprint density at radius 2 is 1.77 bits per heavy atom. The minimum atomic E-state index is -1.07. The minimum Gasteiger partial charge on any atom is -0.454 e. The lowest BCUT2D eigenvalue weighted by Gasteiger charge is -2.29. The zero-order valence-electron chi connectivity index (χ0n) is 23.7. The number of carbonyl (C=O) groups excluding carboxylic acids is 3. The van der Waals surface area contributed by atoms with E-state index in [4.69, 9.17) is 25.8 Å². The molecule has 1 unspecified atom stereocenters. The number of nitrogens with one attached hydrogen (secondary N) is 3. The molecule has 6 atom stereocenters. The first-order valence-corrected chi connectivity index (χ1v) is 14.1. The number of amides is 2. The van der Waals surface area contributed by atoms with Gasteiger partial charge in [0, 0.05) is 12.6 Å². The first-order chi connectivity index (χ1) is 18.4. The second kappa shape index (κ2) is 13.8. The van der Waals surface area contributed by atoms with E-state index in [0.717, 1.165) is 0 Å². The summed E-state index contributed by atoms with van der Waals surface area (Å²) in [5, 5.41) is 4.56. The number of alkyl halides is 1. The number of rotatable bonds is 10. The van der Waals surface area contributed by atoms with Gasteiger partial charge in [-0.05, 0) is 54.6 Å². The van der Waals surface area contributed by atoms with Crippen LogP contribution >= 0.6 is 27.5 Å². The van der Waals surface area contributed by atoms with Gasteiger partial charge in [0.15, 0.2) is 0 Å². The molecule has 1 aromatic rings. The lowest BCUT2D eigenvalue weighted by atomic mass is 10.00. The number of halogens is 2. The van der Waals surface area contributed by atoms with Crippen LogP contribution in [0, 0.1) is 11.8 Å². The van der Waals surface area contributed by atoms with Gasteiger partial charge in [-0.25, -0.2) is 14.4 Å². The second-order valence-electron chi connectivity index (χ2n) is 11.2. The lowest BCUT2D eigenvalue weighted by Crippen LogP contribution is -2.56. The number of aromatic nitrogens is 2. The predicted octanol–water partition coefficient (Wildman–Crippen LogP) is 2.98. The molecule has 0 aliphatic carbocycles. The van der Waals surface area contributed by atoms with Crippen LogP contribution in [0.15, 0.2) is 32.9 Å². The van der Waals surface area contributed by atoms with Crippen molar-refractivity contribution in [3.05, 3.63) is 44.2 Å². The number of hydrogen-bond donors (Lipinski definition) is 3. The standard InChI is InChI=1S/C26H38BrClN4O8/c1-9-16(20-15(28)10-17(39-20)32-11-14(27)21(33)31-24(32)36)38-23(35)19(13(4)5)29-22(34)18(12(2)3)30-25(37)40-26(6,7)8/h9,11-13,15-20H,1,10H2,2-8H3,(H,29,34)(H,30,37)(H,31,33,36)/t15-,16?,17+,18-,19-,20-/m0/s1. The number of hydrogen-bond acceptors (Lipinski definition) is 8. The average molecular weight is 650 g/mol. The largest absolute Gasteiger partial charge is 0.454 e. The molecule has 0 aromatic carbocycles. The van der Waals surface area contributed by atoms with Crippen molar-refractivity contribution in [2.24, 2.45) is 11.8 Å². The maximum absolute atomic E-state index is 13.2. The van der Waals surface area contributed by atoms with E-state index in [2.05, 4.69) is 38.1 Å². The third-order valence-electron chi connectivity index (χ3n) is 5.98. The normalized spacial score (nSPS) is 21.4. The lowest BCUT2D eigenvalue weighted by molar-refractivity contribution is -0.159. The molecule has 224 valence electrons. The van der Waals surface area contributed by atoms with E-state index in [-0.39, 0.29) is 22.7 Å². The summed E-state index contributed by atoms with van der Waals surface area (Å²) in [7, 11) is 0. The fourth-order valence-corrected chi connectivity index (χ4v) is 4.63. The smallest absolute Gasteiger partial charge is 0.408 e. The van der Waals surface area contributed by atoms with Gasteiger partial charge in [0.2, 0.25) is 5.91 Å². The number of aromatic amines is 1. The molecule has 1 saturated heterocycles. The molecule has 1 fully saturated rings. The highest BCUT2D eigenvalue weighted by atomic mass is 79.9. The highest BCUT2D eigenvalue weighted by Crippen LogP contribution is 2.34. The van der Waals surface area contributed by atoms with Crippen LogP contribution in [0.2, 0.25) is 0 Å². The molecular formula is C26H38BrClN4O8. The summed E-state index contributed by atoms with van der Waals surface area (Å²) in [5.74, 6) is -2.03. The van der Waals surface area contributed by atoms with Crippen LogP contribution in [0.1, 0.15) is 61.1 Å². The monoisotopic (exact) mass is 648 g/mol. The molecule has 14 heteroatoms. The SMILES string of the molecule is C=CC(OC(=O)[C@@H](NC(=O)[C@@H](NC(=O)OC(C)(C)C)C(C)C)C(C)C)[C@H]1O[C@@H](n2cc(Br)c(=O)[nH]c2=O)C[C@@H]1Cl. The van der Waals surface area contributed by atoms with Crippen molar-refractivity contribution in [3.63, 3.8) is 0 Å². The van der Waals surface area contributed by atoms with Gasteiger partial charge in [0.25, 0.3) is 5.56 Å². The Labute approximate surface area is 246 Å². The molecule has 1 aliphatic rings. The van der Waals surface area contributed by atoms with Crippen LogP contribution in [0.25, 0.3) is 0 Å². The average Bonchev–Trinajstić information content (AvgIpc) is 3.20. The first-order valence-electron chi connectivity index (χ1n) is 12.9. The molecule has 2 heterocycles. The van der Waals surface area contributed by atoms with E-state index in [1.165, 1.54) is 16.8 Å². The van der Waals surface area contributed by atoms with Gasteiger partial charge in [-0.15, -0.1) is 11.6 Å². The molecule has 3 N–H and O–H groups in total. The Morgan fingerprint density at radius 3 is 2.30 bits per heavy atom. The number of ether oxygens (including phenoxy) is 3. The molecule has 1 aliphatic heterocycles. The Morgan fingerprint density at radius 1 is 1.18 bits per heavy atom. The quantitative estimate of drug-likeness (QED) is 0.198. The van der Waals surface area contributed by atoms with Gasteiger partial charge < -0.3 is 24.8 Å². The summed E-state index contributed by atoms with van der Waals surface area (Å²) < 4.78 is 18.2. The summed E-state index contributed by atoms with van der Waals surface area (Å²) in [6, 6.07) is -2.04. The van der Waals surface area contributed by atoms with Crippen LogP contribution in [0.5, 0.6) is 0 Å². The van der Waals surface area contributed by atoms with Crippen molar-refractivity contribution in [1.82, 2.24) is 20.2 Å². The van der Waals surface area contributed by atoms with E-state index >= 15 is 0 Å². The molecule has 12 nitrogen and oxygen atoms in total. The summed E-state index contributed by atoms with van der Waals surface area (Å²) in [4.78, 5) is 64.8. The van der Waals surface area contributed by atoms with Gasteiger partial charge in [-0.3, -0.25) is 19.1 Å². The van der Waals surface area contributed by atoms with Crippen LogP contribution in [0.4, 0.5) is 4.79 Å². The molecule has 0 bridgehead atoms. The number of alkyl carbamates (subject to hydrolysis) is 1.